The minimum atomic E-state index is -1.59. The average molecular weight is 342 g/mol. The first-order valence-electron chi connectivity index (χ1n) is 7.10. The third kappa shape index (κ3) is 3.59. The van der Waals surface area contributed by atoms with Crippen LogP contribution in [0.3, 0.4) is 0 Å². The molecule has 0 aliphatic carbocycles. The van der Waals surface area contributed by atoms with E-state index in [4.69, 9.17) is 9.15 Å². The summed E-state index contributed by atoms with van der Waals surface area (Å²) in [6.45, 7) is 3.61. The number of esters is 1. The van der Waals surface area contributed by atoms with E-state index in [-0.39, 0.29) is 12.1 Å². The smallest absolute Gasteiger partial charge is 0.327 e. The summed E-state index contributed by atoms with van der Waals surface area (Å²) in [5.41, 5.74) is 0.632. The maximum absolute atomic E-state index is 13.5. The number of oxazole rings is 1. The molecule has 0 amide bonds. The number of halogens is 3. The number of aryl methyl sites for hydroxylation is 2. The molecule has 8 heteroatoms. The third-order valence-electron chi connectivity index (χ3n) is 3.64. The number of hydrogen-bond donors (Lipinski definition) is 0. The Kier molecular flexibility index (Phi) is 5.28. The van der Waals surface area contributed by atoms with Gasteiger partial charge in [-0.25, -0.2) is 22.9 Å². The van der Waals surface area contributed by atoms with Crippen molar-refractivity contribution < 1.29 is 27.1 Å². The average Bonchev–Trinajstić information content (AvgIpc) is 2.82. The number of methoxy groups -OCH3 is 1. The van der Waals surface area contributed by atoms with Crippen molar-refractivity contribution in [3.63, 3.8) is 0 Å². The van der Waals surface area contributed by atoms with Crippen molar-refractivity contribution in [3.05, 3.63) is 52.5 Å². The first-order valence-corrected chi connectivity index (χ1v) is 7.10. The summed E-state index contributed by atoms with van der Waals surface area (Å²) < 4.78 is 50.3. The van der Waals surface area contributed by atoms with Crippen molar-refractivity contribution in [2.75, 3.05) is 14.2 Å². The number of rotatable bonds is 5. The van der Waals surface area contributed by atoms with E-state index in [1.807, 2.05) is 0 Å². The molecule has 0 radical (unpaired) electrons. The molecule has 2 aromatic rings. The molecular formula is C16H17F3N2O3. The molecule has 5 nitrogen and oxygen atoms in total. The van der Waals surface area contributed by atoms with Gasteiger partial charge in [0.1, 0.15) is 11.8 Å². The SMILES string of the molecule is COC(=O)[C@H](c1cc(F)c(F)c(F)c1)N(C)Cc1nc(C)c(C)o1. The Labute approximate surface area is 137 Å². The van der Waals surface area contributed by atoms with Crippen molar-refractivity contribution in [2.45, 2.75) is 26.4 Å². The number of ether oxygens (including phenoxy) is 1. The number of hydrogen-bond acceptors (Lipinski definition) is 5. The van der Waals surface area contributed by atoms with Gasteiger partial charge in [-0.05, 0) is 38.6 Å². The Hall–Kier alpha value is -2.35. The molecule has 0 aliphatic heterocycles. The van der Waals surface area contributed by atoms with Gasteiger partial charge in [0.2, 0.25) is 5.89 Å². The van der Waals surface area contributed by atoms with Gasteiger partial charge in [0, 0.05) is 0 Å². The van der Waals surface area contributed by atoms with Gasteiger partial charge < -0.3 is 9.15 Å². The highest BCUT2D eigenvalue weighted by Gasteiger charge is 2.29. The van der Waals surface area contributed by atoms with Crippen LogP contribution in [-0.2, 0) is 16.1 Å². The normalized spacial score (nSPS) is 12.5. The zero-order valence-electron chi connectivity index (χ0n) is 13.7. The summed E-state index contributed by atoms with van der Waals surface area (Å²) in [5.74, 6) is -4.13. The quantitative estimate of drug-likeness (QED) is 0.617. The van der Waals surface area contributed by atoms with Gasteiger partial charge in [-0.3, -0.25) is 4.90 Å². The van der Waals surface area contributed by atoms with Gasteiger partial charge in [-0.1, -0.05) is 0 Å². The standard InChI is InChI=1S/C16H17F3N2O3/c1-8-9(2)24-13(20-8)7-21(3)15(16(22)23-4)10-5-11(17)14(19)12(18)6-10/h5-6,15H,7H2,1-4H3/t15-/m0/s1. The van der Waals surface area contributed by atoms with Gasteiger partial charge in [0.25, 0.3) is 0 Å². The van der Waals surface area contributed by atoms with Crippen LogP contribution in [0.4, 0.5) is 13.2 Å². The Balaban J connectivity index is 2.36. The number of nitrogens with zero attached hydrogens (tertiary/aromatic N) is 2. The van der Waals surface area contributed by atoms with Crippen molar-refractivity contribution in [2.24, 2.45) is 0 Å². The van der Waals surface area contributed by atoms with Gasteiger partial charge in [0.05, 0.1) is 19.3 Å². The monoisotopic (exact) mass is 342 g/mol. The van der Waals surface area contributed by atoms with E-state index in [1.165, 1.54) is 11.9 Å². The highest BCUT2D eigenvalue weighted by molar-refractivity contribution is 5.77. The van der Waals surface area contributed by atoms with E-state index in [1.54, 1.807) is 13.8 Å². The molecule has 1 heterocycles. The second-order valence-electron chi connectivity index (χ2n) is 5.39. The first-order chi connectivity index (χ1) is 11.2. The van der Waals surface area contributed by atoms with Crippen LogP contribution >= 0.6 is 0 Å². The van der Waals surface area contributed by atoms with E-state index in [0.29, 0.717) is 17.3 Å². The molecule has 1 aromatic heterocycles. The fourth-order valence-corrected chi connectivity index (χ4v) is 2.33. The van der Waals surface area contributed by atoms with Crippen LogP contribution in [0, 0.1) is 31.3 Å². The number of aromatic nitrogens is 1. The van der Waals surface area contributed by atoms with E-state index in [2.05, 4.69) is 4.98 Å². The van der Waals surface area contributed by atoms with Gasteiger partial charge in [-0.2, -0.15) is 0 Å². The highest BCUT2D eigenvalue weighted by Crippen LogP contribution is 2.26. The van der Waals surface area contributed by atoms with Gasteiger partial charge in [0.15, 0.2) is 17.5 Å². The maximum atomic E-state index is 13.5. The van der Waals surface area contributed by atoms with Crippen molar-refractivity contribution >= 4 is 5.97 Å². The highest BCUT2D eigenvalue weighted by atomic mass is 19.2. The number of benzene rings is 1. The van der Waals surface area contributed by atoms with E-state index < -0.39 is 29.5 Å². The summed E-state index contributed by atoms with van der Waals surface area (Å²) in [6.07, 6.45) is 0. The fraction of sp³-hybridized carbons (Fsp3) is 0.375. The molecule has 0 saturated carbocycles. The first kappa shape index (κ1) is 18.0. The molecule has 0 spiro atoms. The summed E-state index contributed by atoms with van der Waals surface area (Å²) in [4.78, 5) is 17.7. The van der Waals surface area contributed by atoms with Crippen molar-refractivity contribution in [3.8, 4) is 0 Å². The third-order valence-corrected chi connectivity index (χ3v) is 3.64. The molecule has 0 unspecified atom stereocenters. The summed E-state index contributed by atoms with van der Waals surface area (Å²) in [5, 5.41) is 0. The van der Waals surface area contributed by atoms with Gasteiger partial charge >= 0.3 is 5.97 Å². The number of carbonyl (C=O) groups excluding carboxylic acids is 1. The topological polar surface area (TPSA) is 55.6 Å². The number of likely N-dealkylation sites (N-methyl/N-ethyl adjacent to an activating group) is 1. The van der Waals surface area contributed by atoms with Crippen LogP contribution in [-0.4, -0.2) is 30.0 Å². The Morgan fingerprint density at radius 3 is 2.33 bits per heavy atom. The minimum Gasteiger partial charge on any atom is -0.468 e. The largest absolute Gasteiger partial charge is 0.468 e. The zero-order valence-corrected chi connectivity index (χ0v) is 13.7. The summed E-state index contributed by atoms with van der Waals surface area (Å²) in [7, 11) is 2.69. The molecule has 0 fully saturated rings. The van der Waals surface area contributed by atoms with E-state index in [9.17, 15) is 18.0 Å². The lowest BCUT2D eigenvalue weighted by molar-refractivity contribution is -0.147. The minimum absolute atomic E-state index is 0.0687. The van der Waals surface area contributed by atoms with Crippen LogP contribution in [0.5, 0.6) is 0 Å². The van der Waals surface area contributed by atoms with Crippen molar-refractivity contribution in [1.29, 1.82) is 0 Å². The molecule has 0 N–H and O–H groups in total. The second kappa shape index (κ2) is 7.04. The van der Waals surface area contributed by atoms with Crippen LogP contribution in [0.15, 0.2) is 16.5 Å². The Morgan fingerprint density at radius 1 is 1.29 bits per heavy atom. The maximum Gasteiger partial charge on any atom is 0.327 e. The van der Waals surface area contributed by atoms with E-state index in [0.717, 1.165) is 19.2 Å². The molecule has 1 atom stereocenters. The fourth-order valence-electron chi connectivity index (χ4n) is 2.33. The molecule has 130 valence electrons. The number of carbonyl (C=O) groups is 1. The molecule has 24 heavy (non-hydrogen) atoms. The molecule has 0 saturated heterocycles. The van der Waals surface area contributed by atoms with Crippen LogP contribution in [0.25, 0.3) is 0 Å². The van der Waals surface area contributed by atoms with Crippen LogP contribution in [0.2, 0.25) is 0 Å². The Bertz CT molecular complexity index is 719. The summed E-state index contributed by atoms with van der Waals surface area (Å²) >= 11 is 0. The van der Waals surface area contributed by atoms with Crippen LogP contribution < -0.4 is 0 Å². The zero-order chi connectivity index (χ0) is 18.0. The predicted octanol–water partition coefficient (Wildman–Crippen LogP) is 3.05. The van der Waals surface area contributed by atoms with Gasteiger partial charge in [-0.15, -0.1) is 0 Å². The van der Waals surface area contributed by atoms with Crippen molar-refractivity contribution in [1.82, 2.24) is 9.88 Å². The lowest BCUT2D eigenvalue weighted by atomic mass is 10.0. The Morgan fingerprint density at radius 2 is 1.88 bits per heavy atom. The molecular weight excluding hydrogens is 325 g/mol. The van der Waals surface area contributed by atoms with E-state index >= 15 is 0 Å². The molecule has 0 bridgehead atoms. The molecule has 1 aromatic carbocycles. The predicted molar refractivity (Wildman–Crippen MR) is 78.5 cm³/mol. The summed E-state index contributed by atoms with van der Waals surface area (Å²) in [6, 6.07) is 0.387. The lowest BCUT2D eigenvalue weighted by Crippen LogP contribution is -2.32. The molecule has 2 rings (SSSR count). The molecule has 0 aliphatic rings. The second-order valence-corrected chi connectivity index (χ2v) is 5.39. The lowest BCUT2D eigenvalue weighted by Gasteiger charge is -2.25. The van der Waals surface area contributed by atoms with Crippen LogP contribution in [0.1, 0.15) is 29.0 Å².